The van der Waals surface area contributed by atoms with Gasteiger partial charge in [-0.05, 0) is 97.9 Å². The lowest BCUT2D eigenvalue weighted by Gasteiger charge is -2.38. The van der Waals surface area contributed by atoms with Crippen molar-refractivity contribution in [2.75, 3.05) is 20.0 Å². The van der Waals surface area contributed by atoms with Crippen LogP contribution in [0.3, 0.4) is 0 Å². The second-order valence-electron chi connectivity index (χ2n) is 9.89. The molecule has 1 atom stereocenters. The molecule has 172 valence electrons. The Balaban J connectivity index is 1.04. The highest BCUT2D eigenvalue weighted by molar-refractivity contribution is 5.63. The molecule has 3 aliphatic rings. The van der Waals surface area contributed by atoms with Crippen LogP contribution in [-0.2, 0) is 14.2 Å². The quantitative estimate of drug-likeness (QED) is 0.261. The Bertz CT molecular complexity index is 830. The minimum absolute atomic E-state index is 0.184. The number of hydrogen-bond acceptors (Lipinski definition) is 3. The Kier molecular flexibility index (Phi) is 7.21. The average molecular weight is 439 g/mol. The highest BCUT2D eigenvalue weighted by atomic mass is 19.1. The van der Waals surface area contributed by atoms with Crippen LogP contribution in [0.4, 0.5) is 4.39 Å². The molecular formula is C28H35FO3. The highest BCUT2D eigenvalue weighted by Gasteiger charge is 2.31. The van der Waals surface area contributed by atoms with Gasteiger partial charge in [0.05, 0.1) is 19.3 Å². The van der Waals surface area contributed by atoms with Crippen LogP contribution in [0.1, 0.15) is 62.8 Å². The Morgan fingerprint density at radius 2 is 1.31 bits per heavy atom. The molecule has 4 heteroatoms. The fraction of sp³-hybridized carbons (Fsp3) is 0.571. The summed E-state index contributed by atoms with van der Waals surface area (Å²) in [5.41, 5.74) is 3.69. The van der Waals surface area contributed by atoms with E-state index < -0.39 is 0 Å². The van der Waals surface area contributed by atoms with Crippen molar-refractivity contribution in [1.82, 2.24) is 0 Å². The summed E-state index contributed by atoms with van der Waals surface area (Å²) < 4.78 is 29.8. The van der Waals surface area contributed by atoms with Crippen molar-refractivity contribution in [3.05, 3.63) is 59.9 Å². The van der Waals surface area contributed by atoms with Crippen molar-refractivity contribution in [3.8, 4) is 11.1 Å². The largest absolute Gasteiger partial charge is 0.371 e. The molecule has 0 aromatic heterocycles. The van der Waals surface area contributed by atoms with Crippen LogP contribution in [0.15, 0.2) is 48.5 Å². The monoisotopic (exact) mass is 438 g/mol. The third-order valence-corrected chi connectivity index (χ3v) is 7.81. The van der Waals surface area contributed by atoms with Crippen molar-refractivity contribution in [2.45, 2.75) is 69.5 Å². The molecular weight excluding hydrogens is 403 g/mol. The van der Waals surface area contributed by atoms with Gasteiger partial charge in [-0.1, -0.05) is 36.4 Å². The third kappa shape index (κ3) is 5.78. The van der Waals surface area contributed by atoms with Crippen LogP contribution in [0.2, 0.25) is 0 Å². The van der Waals surface area contributed by atoms with Crippen molar-refractivity contribution in [1.29, 1.82) is 0 Å². The summed E-state index contributed by atoms with van der Waals surface area (Å²) in [5.74, 6) is 2.25. The maximum atomic E-state index is 13.2. The lowest BCUT2D eigenvalue weighted by Crippen LogP contribution is -2.28. The van der Waals surface area contributed by atoms with Gasteiger partial charge in [-0.2, -0.15) is 0 Å². The Morgan fingerprint density at radius 3 is 1.91 bits per heavy atom. The molecule has 32 heavy (non-hydrogen) atoms. The predicted octanol–water partition coefficient (Wildman–Crippen LogP) is 6.71. The van der Waals surface area contributed by atoms with Crippen LogP contribution in [0.5, 0.6) is 0 Å². The van der Waals surface area contributed by atoms with E-state index in [-0.39, 0.29) is 5.82 Å². The average Bonchev–Trinajstić information content (AvgIpc) is 3.68. The zero-order valence-electron chi connectivity index (χ0n) is 18.9. The number of benzene rings is 2. The first-order valence-corrected chi connectivity index (χ1v) is 12.4. The third-order valence-electron chi connectivity index (χ3n) is 7.81. The number of halogens is 1. The van der Waals surface area contributed by atoms with Crippen molar-refractivity contribution < 1.29 is 18.6 Å². The molecule has 1 aliphatic heterocycles. The molecule has 1 unspecified atom stereocenters. The fourth-order valence-corrected chi connectivity index (χ4v) is 5.73. The van der Waals surface area contributed by atoms with Gasteiger partial charge in [0, 0.05) is 0 Å². The van der Waals surface area contributed by atoms with Gasteiger partial charge in [-0.15, -0.1) is 0 Å². The Morgan fingerprint density at radius 1 is 0.750 bits per heavy atom. The molecule has 0 N–H and O–H groups in total. The minimum Gasteiger partial charge on any atom is -0.371 e. The molecule has 3 nitrogen and oxygen atoms in total. The summed E-state index contributed by atoms with van der Waals surface area (Å²) in [5, 5.41) is 0. The number of ether oxygens (including phenoxy) is 3. The first-order valence-electron chi connectivity index (χ1n) is 12.4. The van der Waals surface area contributed by atoms with E-state index >= 15 is 0 Å². The zero-order chi connectivity index (χ0) is 21.8. The standard InChI is InChI=1S/C28H35FO3/c29-26-13-9-24(10-14-26)22-5-1-20(2-6-22)21-3-7-23(8-4-21)25-11-15-27(16-12-25)32-19-30-17-28-18-31-28/h1-2,5-6,9-10,13-14,21,23,25,27-28H,3-4,7-8,11-12,15-19H2. The van der Waals surface area contributed by atoms with E-state index in [1.54, 1.807) is 0 Å². The zero-order valence-corrected chi connectivity index (χ0v) is 18.9. The summed E-state index contributed by atoms with van der Waals surface area (Å²) in [6.07, 6.45) is 11.0. The summed E-state index contributed by atoms with van der Waals surface area (Å²) in [7, 11) is 0. The van der Waals surface area contributed by atoms with E-state index in [2.05, 4.69) is 24.3 Å². The molecule has 0 spiro atoms. The molecule has 0 radical (unpaired) electrons. The van der Waals surface area contributed by atoms with E-state index in [0.29, 0.717) is 31.5 Å². The van der Waals surface area contributed by atoms with Gasteiger partial charge in [0.1, 0.15) is 18.7 Å². The van der Waals surface area contributed by atoms with E-state index in [0.717, 1.165) is 29.6 Å². The van der Waals surface area contributed by atoms with Gasteiger partial charge >= 0.3 is 0 Å². The molecule has 2 aromatic rings. The van der Waals surface area contributed by atoms with Crippen LogP contribution in [0.25, 0.3) is 11.1 Å². The molecule has 2 aliphatic carbocycles. The Hall–Kier alpha value is -1.75. The normalized spacial score (nSPS) is 30.2. The first kappa shape index (κ1) is 22.1. The summed E-state index contributed by atoms with van der Waals surface area (Å²) in [4.78, 5) is 0. The lowest BCUT2D eigenvalue weighted by molar-refractivity contribution is -0.106. The van der Waals surface area contributed by atoms with Gasteiger partial charge in [0.25, 0.3) is 0 Å². The summed E-state index contributed by atoms with van der Waals surface area (Å²) in [6.45, 7) is 1.93. The van der Waals surface area contributed by atoms with E-state index in [4.69, 9.17) is 14.2 Å². The molecule has 3 fully saturated rings. The molecule has 5 rings (SSSR count). The van der Waals surface area contributed by atoms with Crippen molar-refractivity contribution in [2.24, 2.45) is 11.8 Å². The Labute approximate surface area is 191 Å². The number of epoxide rings is 1. The summed E-state index contributed by atoms with van der Waals surface area (Å²) >= 11 is 0. The van der Waals surface area contributed by atoms with Crippen LogP contribution in [0, 0.1) is 17.7 Å². The first-order chi connectivity index (χ1) is 15.7. The molecule has 0 amide bonds. The lowest BCUT2D eigenvalue weighted by atomic mass is 9.69. The van der Waals surface area contributed by atoms with E-state index in [1.807, 2.05) is 12.1 Å². The van der Waals surface area contributed by atoms with Gasteiger partial charge in [-0.25, -0.2) is 4.39 Å². The predicted molar refractivity (Wildman–Crippen MR) is 124 cm³/mol. The van der Waals surface area contributed by atoms with Crippen molar-refractivity contribution in [3.63, 3.8) is 0 Å². The maximum Gasteiger partial charge on any atom is 0.147 e. The SMILES string of the molecule is Fc1ccc(-c2ccc(C3CCC(C4CCC(OCOCC5CO5)CC4)CC3)cc2)cc1. The van der Waals surface area contributed by atoms with E-state index in [1.165, 1.54) is 69.1 Å². The molecule has 2 aromatic carbocycles. The van der Waals surface area contributed by atoms with Gasteiger partial charge in [0.15, 0.2) is 0 Å². The highest BCUT2D eigenvalue weighted by Crippen LogP contribution is 2.43. The molecule has 2 saturated carbocycles. The van der Waals surface area contributed by atoms with Crippen molar-refractivity contribution >= 4 is 0 Å². The van der Waals surface area contributed by atoms with Gasteiger partial charge in [0.2, 0.25) is 0 Å². The second kappa shape index (κ2) is 10.5. The number of hydrogen-bond donors (Lipinski definition) is 0. The fourth-order valence-electron chi connectivity index (χ4n) is 5.73. The van der Waals surface area contributed by atoms with E-state index in [9.17, 15) is 4.39 Å². The van der Waals surface area contributed by atoms with Crippen LogP contribution < -0.4 is 0 Å². The minimum atomic E-state index is -0.184. The molecule has 0 bridgehead atoms. The topological polar surface area (TPSA) is 31.0 Å². The summed E-state index contributed by atoms with van der Waals surface area (Å²) in [6, 6.07) is 15.7. The molecule has 1 heterocycles. The smallest absolute Gasteiger partial charge is 0.147 e. The second-order valence-corrected chi connectivity index (χ2v) is 9.89. The van der Waals surface area contributed by atoms with Crippen LogP contribution in [-0.4, -0.2) is 32.2 Å². The van der Waals surface area contributed by atoms with Gasteiger partial charge in [-0.3, -0.25) is 0 Å². The molecule has 1 saturated heterocycles. The van der Waals surface area contributed by atoms with Crippen LogP contribution >= 0.6 is 0 Å². The van der Waals surface area contributed by atoms with Gasteiger partial charge < -0.3 is 14.2 Å². The maximum absolute atomic E-state index is 13.2. The number of rotatable bonds is 8.